The Hall–Kier alpha value is -7.86. The molecule has 0 saturated heterocycles. The van der Waals surface area contributed by atoms with Gasteiger partial charge < -0.3 is 13.7 Å². The van der Waals surface area contributed by atoms with Crippen molar-refractivity contribution in [2.24, 2.45) is 0 Å². The number of aromatic nitrogens is 3. The summed E-state index contributed by atoms with van der Waals surface area (Å²) in [5.74, 6) is 0. The van der Waals surface area contributed by atoms with Gasteiger partial charge in [-0.1, -0.05) is 121 Å². The van der Waals surface area contributed by atoms with Gasteiger partial charge in [-0.05, 0) is 65.7 Å². The molecule has 3 aromatic heterocycles. The molecule has 0 aliphatic heterocycles. The van der Waals surface area contributed by atoms with E-state index in [2.05, 4.69) is 169 Å². The highest BCUT2D eigenvalue weighted by molar-refractivity contribution is 6.13. The Morgan fingerprint density at radius 2 is 0.782 bits per heavy atom. The van der Waals surface area contributed by atoms with E-state index < -0.39 is 0 Å². The van der Waals surface area contributed by atoms with Crippen LogP contribution in [0, 0.1) is 13.1 Å². The summed E-state index contributed by atoms with van der Waals surface area (Å²) in [7, 11) is 0. The Bertz CT molecular complexity index is 3420. The third kappa shape index (κ3) is 4.39. The number of rotatable bonds is 4. The van der Waals surface area contributed by atoms with Gasteiger partial charge in [0.05, 0.1) is 52.1 Å². The zero-order valence-electron chi connectivity index (χ0n) is 29.5. The van der Waals surface area contributed by atoms with E-state index in [0.29, 0.717) is 11.4 Å². The maximum Gasteiger partial charge on any atom is 0.218 e. The molecule has 11 aromatic rings. The predicted octanol–water partition coefficient (Wildman–Crippen LogP) is 13.7. The Labute approximate surface area is 316 Å². The molecule has 0 atom stereocenters. The normalized spacial score (nSPS) is 11.6. The maximum absolute atomic E-state index is 8.76. The van der Waals surface area contributed by atoms with Gasteiger partial charge in [0, 0.05) is 43.5 Å². The molecule has 0 amide bonds. The minimum Gasteiger partial charge on any atom is -0.319 e. The van der Waals surface area contributed by atoms with Crippen LogP contribution in [0.5, 0.6) is 0 Å². The van der Waals surface area contributed by atoms with E-state index in [4.69, 9.17) is 13.1 Å². The van der Waals surface area contributed by atoms with Gasteiger partial charge in [-0.2, -0.15) is 0 Å². The van der Waals surface area contributed by atoms with Crippen LogP contribution in [0.4, 0.5) is 11.4 Å². The van der Waals surface area contributed by atoms with Crippen molar-refractivity contribution in [2.75, 3.05) is 0 Å². The Morgan fingerprint density at radius 3 is 1.38 bits per heavy atom. The van der Waals surface area contributed by atoms with E-state index in [0.717, 1.165) is 82.8 Å². The van der Waals surface area contributed by atoms with Crippen molar-refractivity contribution in [1.82, 2.24) is 13.7 Å². The number of benzene rings is 8. The lowest BCUT2D eigenvalue weighted by molar-refractivity contribution is 1.16. The third-order valence-electron chi connectivity index (χ3n) is 11.1. The molecule has 0 aliphatic carbocycles. The lowest BCUT2D eigenvalue weighted by atomic mass is 10.00. The minimum atomic E-state index is 0.572. The summed E-state index contributed by atoms with van der Waals surface area (Å²) in [6.07, 6.45) is 0. The number of para-hydroxylation sites is 6. The average molecular weight is 700 g/mol. The average Bonchev–Trinajstić information content (AvgIpc) is 3.88. The van der Waals surface area contributed by atoms with Crippen LogP contribution in [0.2, 0.25) is 0 Å². The van der Waals surface area contributed by atoms with E-state index in [1.54, 1.807) is 0 Å². The zero-order valence-corrected chi connectivity index (χ0v) is 29.5. The van der Waals surface area contributed by atoms with Gasteiger partial charge in [0.1, 0.15) is 0 Å². The monoisotopic (exact) mass is 699 g/mol. The highest BCUT2D eigenvalue weighted by Gasteiger charge is 2.22. The van der Waals surface area contributed by atoms with Gasteiger partial charge in [0.2, 0.25) is 5.69 Å². The molecule has 3 heterocycles. The van der Waals surface area contributed by atoms with Crippen LogP contribution in [0.25, 0.3) is 103 Å². The van der Waals surface area contributed by atoms with Crippen molar-refractivity contribution < 1.29 is 0 Å². The van der Waals surface area contributed by atoms with E-state index >= 15 is 0 Å². The summed E-state index contributed by atoms with van der Waals surface area (Å²) >= 11 is 0. The summed E-state index contributed by atoms with van der Waals surface area (Å²) in [6.45, 7) is 16.5. The molecule has 0 spiro atoms. The first-order valence-electron chi connectivity index (χ1n) is 18.3. The summed E-state index contributed by atoms with van der Waals surface area (Å²) in [5, 5.41) is 6.90. The van der Waals surface area contributed by atoms with Crippen LogP contribution in [-0.2, 0) is 0 Å². The van der Waals surface area contributed by atoms with Crippen LogP contribution in [0.3, 0.4) is 0 Å². The second-order valence-corrected chi connectivity index (χ2v) is 13.9. The van der Waals surface area contributed by atoms with Crippen molar-refractivity contribution in [1.29, 1.82) is 0 Å². The zero-order chi connectivity index (χ0) is 36.6. The van der Waals surface area contributed by atoms with Crippen molar-refractivity contribution >= 4 is 76.8 Å². The topological polar surface area (TPSA) is 23.5 Å². The molecule has 0 unspecified atom stereocenters. The molecule has 0 aliphatic rings. The first kappa shape index (κ1) is 30.7. The van der Waals surface area contributed by atoms with E-state index in [-0.39, 0.29) is 0 Å². The quantitative estimate of drug-likeness (QED) is 0.163. The second kappa shape index (κ2) is 11.8. The van der Waals surface area contributed by atoms with Crippen LogP contribution in [0.15, 0.2) is 176 Å². The van der Waals surface area contributed by atoms with Crippen molar-refractivity contribution in [3.63, 3.8) is 0 Å². The standard InChI is InChI=1S/C50H29N5/c1-51-32-26-28-39-36-16-5-10-22-44(36)54(48(39)30-32)46-24-12-7-18-38(46)41-19-13-25-47(50(41)52-2)55-45-23-11-6-17-37(45)40-29-27-33(31-49(40)55)53-42-20-8-3-14-34(42)35-15-4-9-21-43(35)53/h3-31H. The van der Waals surface area contributed by atoms with Gasteiger partial charge in [-0.3, -0.25) is 0 Å². The van der Waals surface area contributed by atoms with Gasteiger partial charge in [0.15, 0.2) is 5.69 Å². The van der Waals surface area contributed by atoms with Crippen molar-refractivity contribution in [2.45, 2.75) is 0 Å². The van der Waals surface area contributed by atoms with E-state index in [9.17, 15) is 0 Å². The largest absolute Gasteiger partial charge is 0.319 e. The molecule has 0 fully saturated rings. The number of hydrogen-bond acceptors (Lipinski definition) is 0. The number of nitrogens with zero attached hydrogens (tertiary/aromatic N) is 5. The van der Waals surface area contributed by atoms with Crippen LogP contribution >= 0.6 is 0 Å². The molecule has 0 saturated carbocycles. The summed E-state index contributed by atoms with van der Waals surface area (Å²) in [4.78, 5) is 8.09. The molecule has 0 radical (unpaired) electrons. The second-order valence-electron chi connectivity index (χ2n) is 13.9. The van der Waals surface area contributed by atoms with Gasteiger partial charge >= 0.3 is 0 Å². The van der Waals surface area contributed by atoms with E-state index in [1.165, 1.54) is 10.8 Å². The molecule has 55 heavy (non-hydrogen) atoms. The van der Waals surface area contributed by atoms with Crippen molar-refractivity contribution in [3.8, 4) is 28.2 Å². The first-order chi connectivity index (χ1) is 27.2. The molecule has 5 heteroatoms. The Balaban J connectivity index is 1.18. The van der Waals surface area contributed by atoms with Crippen molar-refractivity contribution in [3.05, 3.63) is 199 Å². The maximum atomic E-state index is 8.76. The summed E-state index contributed by atoms with van der Waals surface area (Å²) in [6, 6.07) is 61.1. The fourth-order valence-corrected chi connectivity index (χ4v) is 8.79. The number of fused-ring (bicyclic) bond motifs is 9. The third-order valence-corrected chi connectivity index (χ3v) is 11.1. The Kier molecular flexibility index (Phi) is 6.61. The lowest BCUT2D eigenvalue weighted by Crippen LogP contribution is -2.00. The molecule has 0 bridgehead atoms. The number of hydrogen-bond donors (Lipinski definition) is 0. The predicted molar refractivity (Wildman–Crippen MR) is 227 cm³/mol. The van der Waals surface area contributed by atoms with Crippen LogP contribution in [0.1, 0.15) is 0 Å². The molecular weight excluding hydrogens is 671 g/mol. The SMILES string of the molecule is [C-]#[N+]c1ccc2c3ccccc3n(-c3ccccc3-c3cccc(-n4c5ccccc5c5ccc(-n6c7ccccc7c7ccccc76)cc54)c3[N+]#[C-])c2c1. The molecule has 8 aromatic carbocycles. The van der Waals surface area contributed by atoms with Crippen LogP contribution < -0.4 is 0 Å². The van der Waals surface area contributed by atoms with Crippen LogP contribution in [-0.4, -0.2) is 13.7 Å². The summed E-state index contributed by atoms with van der Waals surface area (Å²) < 4.78 is 6.86. The van der Waals surface area contributed by atoms with Gasteiger partial charge in [-0.15, -0.1) is 0 Å². The highest BCUT2D eigenvalue weighted by Crippen LogP contribution is 2.44. The van der Waals surface area contributed by atoms with Gasteiger partial charge in [-0.25, -0.2) is 9.69 Å². The first-order valence-corrected chi connectivity index (χ1v) is 18.3. The van der Waals surface area contributed by atoms with E-state index in [1.807, 2.05) is 30.3 Å². The Morgan fingerprint density at radius 1 is 0.327 bits per heavy atom. The molecule has 254 valence electrons. The molecule has 5 nitrogen and oxygen atoms in total. The smallest absolute Gasteiger partial charge is 0.218 e. The lowest BCUT2D eigenvalue weighted by Gasteiger charge is -2.18. The van der Waals surface area contributed by atoms with Gasteiger partial charge in [0.25, 0.3) is 0 Å². The highest BCUT2D eigenvalue weighted by atomic mass is 15.0. The molecule has 0 N–H and O–H groups in total. The molecule has 11 rings (SSSR count). The fraction of sp³-hybridized carbons (Fsp3) is 0. The molecular formula is C50H29N5. The fourth-order valence-electron chi connectivity index (χ4n) is 8.79. The summed E-state index contributed by atoms with van der Waals surface area (Å²) in [5.41, 5.74) is 12.2. The minimum absolute atomic E-state index is 0.572.